The Morgan fingerprint density at radius 2 is 2.38 bits per heavy atom. The first kappa shape index (κ1) is 11.6. The van der Waals surface area contributed by atoms with E-state index in [-0.39, 0.29) is 10.3 Å². The highest BCUT2D eigenvalue weighted by Gasteiger charge is 2.38. The van der Waals surface area contributed by atoms with E-state index in [1.807, 2.05) is 6.07 Å². The molecule has 6 heteroatoms. The molecule has 0 spiro atoms. The SMILES string of the molecule is CCC1CC1NS(=O)(=O)c1ccc(C#N)s1. The van der Waals surface area contributed by atoms with Gasteiger partial charge in [0.1, 0.15) is 15.2 Å². The maximum absolute atomic E-state index is 11.9. The number of thiophene rings is 1. The van der Waals surface area contributed by atoms with E-state index in [9.17, 15) is 8.42 Å². The van der Waals surface area contributed by atoms with E-state index in [1.165, 1.54) is 12.1 Å². The molecule has 1 aliphatic rings. The Hall–Kier alpha value is -0.900. The molecule has 1 heterocycles. The van der Waals surface area contributed by atoms with Gasteiger partial charge in [-0.25, -0.2) is 13.1 Å². The number of rotatable bonds is 4. The van der Waals surface area contributed by atoms with Crippen LogP contribution in [0.2, 0.25) is 0 Å². The van der Waals surface area contributed by atoms with Crippen molar-refractivity contribution in [2.24, 2.45) is 5.92 Å². The first-order valence-electron chi connectivity index (χ1n) is 5.09. The molecule has 0 saturated heterocycles. The Bertz CT molecular complexity index is 527. The van der Waals surface area contributed by atoms with Crippen molar-refractivity contribution in [3.8, 4) is 6.07 Å². The van der Waals surface area contributed by atoms with E-state index in [0.29, 0.717) is 10.8 Å². The van der Waals surface area contributed by atoms with Crippen LogP contribution >= 0.6 is 11.3 Å². The Labute approximate surface area is 99.0 Å². The standard InChI is InChI=1S/C10H12N2O2S2/c1-2-7-5-9(7)12-16(13,14)10-4-3-8(6-11)15-10/h3-4,7,9,12H,2,5H2,1H3. The van der Waals surface area contributed by atoms with Crippen molar-refractivity contribution < 1.29 is 8.42 Å². The maximum Gasteiger partial charge on any atom is 0.250 e. The molecule has 0 aliphatic heterocycles. The minimum atomic E-state index is -3.41. The lowest BCUT2D eigenvalue weighted by atomic mass is 10.3. The molecule has 0 amide bonds. The third-order valence-corrected chi connectivity index (χ3v) is 5.68. The van der Waals surface area contributed by atoms with Gasteiger partial charge >= 0.3 is 0 Å². The van der Waals surface area contributed by atoms with Gasteiger partial charge in [0, 0.05) is 6.04 Å². The van der Waals surface area contributed by atoms with Crippen molar-refractivity contribution in [3.63, 3.8) is 0 Å². The summed E-state index contributed by atoms with van der Waals surface area (Å²) in [6.45, 7) is 2.05. The molecule has 0 radical (unpaired) electrons. The highest BCUT2D eigenvalue weighted by atomic mass is 32.2. The summed E-state index contributed by atoms with van der Waals surface area (Å²) in [5.41, 5.74) is 0. The summed E-state index contributed by atoms with van der Waals surface area (Å²) >= 11 is 1.01. The summed E-state index contributed by atoms with van der Waals surface area (Å²) in [5, 5.41) is 8.64. The Kier molecular flexibility index (Phi) is 3.02. The zero-order valence-corrected chi connectivity index (χ0v) is 10.4. The van der Waals surface area contributed by atoms with Crippen LogP contribution in [0.3, 0.4) is 0 Å². The minimum absolute atomic E-state index is 0.0858. The number of nitrogens with one attached hydrogen (secondary N) is 1. The number of sulfonamides is 1. The number of nitrogens with zero attached hydrogens (tertiary/aromatic N) is 1. The molecule has 2 unspecified atom stereocenters. The molecule has 0 bridgehead atoms. The van der Waals surface area contributed by atoms with Crippen LogP contribution in [0.5, 0.6) is 0 Å². The van der Waals surface area contributed by atoms with Gasteiger partial charge in [-0.05, 0) is 24.5 Å². The first-order chi connectivity index (χ1) is 7.56. The van der Waals surface area contributed by atoms with Crippen LogP contribution in [0.15, 0.2) is 16.3 Å². The van der Waals surface area contributed by atoms with E-state index in [1.54, 1.807) is 0 Å². The van der Waals surface area contributed by atoms with Gasteiger partial charge in [0.15, 0.2) is 0 Å². The molecule has 1 aliphatic carbocycles. The largest absolute Gasteiger partial charge is 0.250 e. The van der Waals surface area contributed by atoms with Crippen LogP contribution in [0.1, 0.15) is 24.6 Å². The predicted octanol–water partition coefficient (Wildman–Crippen LogP) is 1.70. The molecule has 2 rings (SSSR count). The van der Waals surface area contributed by atoms with Crippen LogP contribution in [0.25, 0.3) is 0 Å². The minimum Gasteiger partial charge on any atom is -0.207 e. The number of hydrogen-bond acceptors (Lipinski definition) is 4. The number of nitriles is 1. The average Bonchev–Trinajstić information content (AvgIpc) is 2.81. The van der Waals surface area contributed by atoms with Gasteiger partial charge in [-0.1, -0.05) is 13.3 Å². The molecule has 2 atom stereocenters. The lowest BCUT2D eigenvalue weighted by Gasteiger charge is -2.02. The summed E-state index contributed by atoms with van der Waals surface area (Å²) in [4.78, 5) is 0.420. The van der Waals surface area contributed by atoms with E-state index in [0.717, 1.165) is 24.2 Å². The molecule has 1 fully saturated rings. The highest BCUT2D eigenvalue weighted by Crippen LogP contribution is 2.35. The van der Waals surface area contributed by atoms with Crippen molar-refractivity contribution in [3.05, 3.63) is 17.0 Å². The van der Waals surface area contributed by atoms with Crippen molar-refractivity contribution >= 4 is 21.4 Å². The van der Waals surface area contributed by atoms with Gasteiger partial charge < -0.3 is 0 Å². The molecule has 1 aromatic rings. The van der Waals surface area contributed by atoms with Crippen molar-refractivity contribution in [1.29, 1.82) is 5.26 Å². The molecule has 16 heavy (non-hydrogen) atoms. The van der Waals surface area contributed by atoms with E-state index in [2.05, 4.69) is 11.6 Å². The fourth-order valence-electron chi connectivity index (χ4n) is 1.63. The van der Waals surface area contributed by atoms with E-state index >= 15 is 0 Å². The number of hydrogen-bond donors (Lipinski definition) is 1. The van der Waals surface area contributed by atoms with Crippen LogP contribution in [0, 0.1) is 17.2 Å². The third kappa shape index (κ3) is 2.26. The zero-order chi connectivity index (χ0) is 11.8. The Balaban J connectivity index is 2.11. The fourth-order valence-corrected chi connectivity index (χ4v) is 4.06. The van der Waals surface area contributed by atoms with Gasteiger partial charge in [-0.3, -0.25) is 0 Å². The van der Waals surface area contributed by atoms with Gasteiger partial charge in [-0.2, -0.15) is 5.26 Å². The Morgan fingerprint density at radius 3 is 2.88 bits per heavy atom. The van der Waals surface area contributed by atoms with Gasteiger partial charge in [-0.15, -0.1) is 11.3 Å². The molecule has 1 N–H and O–H groups in total. The van der Waals surface area contributed by atoms with E-state index < -0.39 is 10.0 Å². The first-order valence-corrected chi connectivity index (χ1v) is 7.39. The van der Waals surface area contributed by atoms with Crippen molar-refractivity contribution in [2.75, 3.05) is 0 Å². The lowest BCUT2D eigenvalue weighted by molar-refractivity contribution is 0.578. The zero-order valence-electron chi connectivity index (χ0n) is 8.80. The average molecular weight is 256 g/mol. The highest BCUT2D eigenvalue weighted by molar-refractivity contribution is 7.91. The van der Waals surface area contributed by atoms with Gasteiger partial charge in [0.25, 0.3) is 0 Å². The molecule has 0 aromatic carbocycles. The fraction of sp³-hybridized carbons (Fsp3) is 0.500. The molecule has 4 nitrogen and oxygen atoms in total. The topological polar surface area (TPSA) is 70.0 Å². The van der Waals surface area contributed by atoms with Crippen LogP contribution in [-0.2, 0) is 10.0 Å². The normalized spacial score (nSPS) is 24.0. The summed E-state index contributed by atoms with van der Waals surface area (Å²) in [5.74, 6) is 0.477. The summed E-state index contributed by atoms with van der Waals surface area (Å²) in [6, 6.07) is 5.03. The monoisotopic (exact) mass is 256 g/mol. The summed E-state index contributed by atoms with van der Waals surface area (Å²) < 4.78 is 26.6. The quantitative estimate of drug-likeness (QED) is 0.891. The summed E-state index contributed by atoms with van der Waals surface area (Å²) in [7, 11) is -3.41. The molecular weight excluding hydrogens is 244 g/mol. The Morgan fingerprint density at radius 1 is 1.62 bits per heavy atom. The molecule has 86 valence electrons. The predicted molar refractivity (Wildman–Crippen MR) is 61.5 cm³/mol. The van der Waals surface area contributed by atoms with E-state index in [4.69, 9.17) is 5.26 Å². The third-order valence-electron chi connectivity index (χ3n) is 2.71. The van der Waals surface area contributed by atoms with Gasteiger partial charge in [0.2, 0.25) is 10.0 Å². The lowest BCUT2D eigenvalue weighted by Crippen LogP contribution is -2.26. The summed E-state index contributed by atoms with van der Waals surface area (Å²) in [6.07, 6.45) is 1.92. The molecule has 1 saturated carbocycles. The van der Waals surface area contributed by atoms with Crippen molar-refractivity contribution in [2.45, 2.75) is 30.0 Å². The second-order valence-electron chi connectivity index (χ2n) is 3.86. The molecular formula is C10H12N2O2S2. The van der Waals surface area contributed by atoms with Crippen LogP contribution in [-0.4, -0.2) is 14.5 Å². The van der Waals surface area contributed by atoms with Crippen molar-refractivity contribution in [1.82, 2.24) is 4.72 Å². The van der Waals surface area contributed by atoms with Gasteiger partial charge in [0.05, 0.1) is 0 Å². The molecule has 1 aromatic heterocycles. The van der Waals surface area contributed by atoms with Crippen LogP contribution in [0.4, 0.5) is 0 Å². The smallest absolute Gasteiger partial charge is 0.207 e. The van der Waals surface area contributed by atoms with Crippen LogP contribution < -0.4 is 4.72 Å². The second kappa shape index (κ2) is 4.17. The maximum atomic E-state index is 11.9. The second-order valence-corrected chi connectivity index (χ2v) is 6.89.